The van der Waals surface area contributed by atoms with E-state index in [2.05, 4.69) is 10.2 Å². The van der Waals surface area contributed by atoms with Crippen molar-refractivity contribution in [1.82, 2.24) is 14.8 Å². The summed E-state index contributed by atoms with van der Waals surface area (Å²) in [4.78, 5) is 11.5. The molecule has 0 saturated heterocycles. The van der Waals surface area contributed by atoms with Crippen molar-refractivity contribution in [1.29, 1.82) is 5.41 Å². The smallest absolute Gasteiger partial charge is 0.343 e. The van der Waals surface area contributed by atoms with Gasteiger partial charge in [-0.2, -0.15) is 0 Å². The molecule has 0 unspecified atom stereocenters. The number of thioether (sulfide) groups is 1. The number of nitrogens with two attached hydrogens (primary N) is 1. The summed E-state index contributed by atoms with van der Waals surface area (Å²) in [6.45, 7) is 6.58. The van der Waals surface area contributed by atoms with E-state index in [1.807, 2.05) is 20.8 Å². The van der Waals surface area contributed by atoms with Gasteiger partial charge in [0.05, 0.1) is 5.84 Å². The predicted octanol–water partition coefficient (Wildman–Crippen LogP) is 1.43. The Hall–Kier alpha value is -1.24. The van der Waals surface area contributed by atoms with Crippen molar-refractivity contribution < 1.29 is 0 Å². The zero-order chi connectivity index (χ0) is 13.8. The van der Waals surface area contributed by atoms with E-state index >= 15 is 0 Å². The van der Waals surface area contributed by atoms with Crippen molar-refractivity contribution in [2.24, 2.45) is 11.1 Å². The monoisotopic (exact) mass is 271 g/mol. The maximum absolute atomic E-state index is 11.5. The molecule has 0 atom stereocenters. The molecular formula is C11H21N5OS. The first-order valence-electron chi connectivity index (χ1n) is 6.01. The quantitative estimate of drug-likeness (QED) is 0.396. The molecule has 0 amide bonds. The molecule has 1 aromatic rings. The molecule has 0 aromatic carbocycles. The van der Waals surface area contributed by atoms with E-state index in [4.69, 9.17) is 11.1 Å². The van der Waals surface area contributed by atoms with Gasteiger partial charge < -0.3 is 5.73 Å². The van der Waals surface area contributed by atoms with Crippen LogP contribution < -0.4 is 11.4 Å². The van der Waals surface area contributed by atoms with Crippen LogP contribution in [0, 0.1) is 10.8 Å². The summed E-state index contributed by atoms with van der Waals surface area (Å²) in [6.07, 6.45) is 1.67. The summed E-state index contributed by atoms with van der Waals surface area (Å²) in [5.41, 5.74) is 5.06. The second-order valence-electron chi connectivity index (χ2n) is 4.86. The van der Waals surface area contributed by atoms with Gasteiger partial charge in [0.25, 0.3) is 0 Å². The molecule has 0 bridgehead atoms. The number of hydrogen-bond donors (Lipinski definition) is 3. The number of rotatable bonds is 7. The van der Waals surface area contributed by atoms with Gasteiger partial charge in [-0.1, -0.05) is 32.5 Å². The van der Waals surface area contributed by atoms with Gasteiger partial charge in [-0.25, -0.2) is 9.89 Å². The molecule has 0 aliphatic rings. The second-order valence-corrected chi connectivity index (χ2v) is 5.92. The van der Waals surface area contributed by atoms with E-state index in [9.17, 15) is 4.79 Å². The second kappa shape index (κ2) is 6.08. The average Bonchev–Trinajstić information content (AvgIpc) is 2.61. The lowest BCUT2D eigenvalue weighted by Crippen LogP contribution is -2.31. The van der Waals surface area contributed by atoms with Crippen molar-refractivity contribution in [2.45, 2.75) is 45.3 Å². The number of nitrogens with zero attached hydrogens (tertiary/aromatic N) is 2. The minimum Gasteiger partial charge on any atom is -0.387 e. The van der Waals surface area contributed by atoms with E-state index in [1.165, 1.54) is 11.8 Å². The van der Waals surface area contributed by atoms with Crippen LogP contribution in [0.3, 0.4) is 0 Å². The van der Waals surface area contributed by atoms with Crippen molar-refractivity contribution >= 4 is 17.6 Å². The number of hydrogen-bond acceptors (Lipinski definition) is 4. The molecule has 102 valence electrons. The third-order valence-electron chi connectivity index (χ3n) is 2.86. The molecule has 0 saturated carbocycles. The van der Waals surface area contributed by atoms with Crippen LogP contribution in [-0.4, -0.2) is 26.4 Å². The summed E-state index contributed by atoms with van der Waals surface area (Å²) < 4.78 is 1.64. The fourth-order valence-electron chi connectivity index (χ4n) is 1.37. The Balaban J connectivity index is 2.59. The van der Waals surface area contributed by atoms with Gasteiger partial charge >= 0.3 is 5.69 Å². The van der Waals surface area contributed by atoms with Gasteiger partial charge in [-0.05, 0) is 12.8 Å². The Morgan fingerprint density at radius 2 is 2.28 bits per heavy atom. The SMILES string of the molecule is CCCn1c(SCCC(C)(C)C(=N)N)n[nH]c1=O. The molecule has 0 aliphatic carbocycles. The van der Waals surface area contributed by atoms with Crippen molar-refractivity contribution in [3.63, 3.8) is 0 Å². The van der Waals surface area contributed by atoms with Crippen LogP contribution in [0.25, 0.3) is 0 Å². The van der Waals surface area contributed by atoms with Crippen molar-refractivity contribution in [3.05, 3.63) is 10.5 Å². The number of aromatic amines is 1. The molecule has 0 fully saturated rings. The zero-order valence-corrected chi connectivity index (χ0v) is 11.9. The molecule has 0 aliphatic heterocycles. The highest BCUT2D eigenvalue weighted by Gasteiger charge is 2.21. The average molecular weight is 271 g/mol. The highest BCUT2D eigenvalue weighted by atomic mass is 32.2. The maximum Gasteiger partial charge on any atom is 0.343 e. The Bertz CT molecular complexity index is 462. The highest BCUT2D eigenvalue weighted by Crippen LogP contribution is 2.24. The van der Waals surface area contributed by atoms with Crippen molar-refractivity contribution in [2.75, 3.05) is 5.75 Å². The molecule has 0 spiro atoms. The van der Waals surface area contributed by atoms with Gasteiger partial charge in [-0.15, -0.1) is 5.10 Å². The van der Waals surface area contributed by atoms with Gasteiger partial charge in [0.1, 0.15) is 0 Å². The Morgan fingerprint density at radius 3 is 2.83 bits per heavy atom. The lowest BCUT2D eigenvalue weighted by Gasteiger charge is -2.22. The van der Waals surface area contributed by atoms with Crippen molar-refractivity contribution in [3.8, 4) is 0 Å². The van der Waals surface area contributed by atoms with Gasteiger partial charge in [0, 0.05) is 17.7 Å². The molecule has 1 aromatic heterocycles. The van der Waals surface area contributed by atoms with E-state index in [-0.39, 0.29) is 16.9 Å². The van der Waals surface area contributed by atoms with Gasteiger partial charge in [-0.3, -0.25) is 9.98 Å². The standard InChI is InChI=1S/C11H21N5OS/c1-4-6-16-9(17)14-15-10(16)18-7-5-11(2,3)8(12)13/h4-7H2,1-3H3,(H3,12,13)(H,14,17). The van der Waals surface area contributed by atoms with E-state index in [0.717, 1.165) is 18.6 Å². The summed E-state index contributed by atoms with van der Waals surface area (Å²) in [5, 5.41) is 14.7. The number of nitrogens with one attached hydrogen (secondary N) is 2. The van der Waals surface area contributed by atoms with E-state index in [1.54, 1.807) is 4.57 Å². The van der Waals surface area contributed by atoms with Crippen LogP contribution in [0.4, 0.5) is 0 Å². The molecule has 1 heterocycles. The molecule has 6 nitrogen and oxygen atoms in total. The van der Waals surface area contributed by atoms with Crippen LogP contribution in [0.1, 0.15) is 33.6 Å². The van der Waals surface area contributed by atoms with E-state index in [0.29, 0.717) is 11.7 Å². The molecule has 18 heavy (non-hydrogen) atoms. The number of aromatic nitrogens is 3. The topological polar surface area (TPSA) is 101 Å². The Labute approximate surface area is 111 Å². The molecule has 0 radical (unpaired) electrons. The van der Waals surface area contributed by atoms with Crippen LogP contribution in [-0.2, 0) is 6.54 Å². The molecule has 1 rings (SSSR count). The first kappa shape index (κ1) is 14.8. The minimum atomic E-state index is -0.306. The third kappa shape index (κ3) is 3.63. The van der Waals surface area contributed by atoms with Crippen LogP contribution >= 0.6 is 11.8 Å². The first-order valence-corrected chi connectivity index (χ1v) is 6.99. The summed E-state index contributed by atoms with van der Waals surface area (Å²) in [6, 6.07) is 0. The summed E-state index contributed by atoms with van der Waals surface area (Å²) in [5.74, 6) is 0.969. The van der Waals surface area contributed by atoms with Gasteiger partial charge in [0.2, 0.25) is 0 Å². The molecular weight excluding hydrogens is 250 g/mol. The Morgan fingerprint density at radius 1 is 1.61 bits per heavy atom. The van der Waals surface area contributed by atoms with Crippen LogP contribution in [0.5, 0.6) is 0 Å². The first-order chi connectivity index (χ1) is 8.38. The lowest BCUT2D eigenvalue weighted by atomic mass is 9.89. The summed E-state index contributed by atoms with van der Waals surface area (Å²) in [7, 11) is 0. The molecule has 7 heteroatoms. The minimum absolute atomic E-state index is 0.162. The molecule has 4 N–H and O–H groups in total. The zero-order valence-electron chi connectivity index (χ0n) is 11.1. The Kier molecular flexibility index (Phi) is 5.01. The number of amidine groups is 1. The fraction of sp³-hybridized carbons (Fsp3) is 0.727. The van der Waals surface area contributed by atoms with Crippen LogP contribution in [0.2, 0.25) is 0 Å². The third-order valence-corrected chi connectivity index (χ3v) is 3.84. The lowest BCUT2D eigenvalue weighted by molar-refractivity contribution is 0.499. The fourth-order valence-corrected chi connectivity index (χ4v) is 2.60. The summed E-state index contributed by atoms with van der Waals surface area (Å²) >= 11 is 1.52. The van der Waals surface area contributed by atoms with E-state index < -0.39 is 0 Å². The van der Waals surface area contributed by atoms with Crippen LogP contribution in [0.15, 0.2) is 9.95 Å². The maximum atomic E-state index is 11.5. The largest absolute Gasteiger partial charge is 0.387 e. The van der Waals surface area contributed by atoms with Gasteiger partial charge in [0.15, 0.2) is 5.16 Å². The highest BCUT2D eigenvalue weighted by molar-refractivity contribution is 7.99. The normalized spacial score (nSPS) is 11.7. The number of H-pyrrole nitrogens is 1. The predicted molar refractivity (Wildman–Crippen MR) is 74.2 cm³/mol.